The highest BCUT2D eigenvalue weighted by Gasteiger charge is 2.42. The second-order valence-electron chi connectivity index (χ2n) is 5.55. The van der Waals surface area contributed by atoms with Crippen molar-refractivity contribution in [3.8, 4) is 0 Å². The van der Waals surface area contributed by atoms with Gasteiger partial charge in [0.15, 0.2) is 9.84 Å². The van der Waals surface area contributed by atoms with Gasteiger partial charge in [-0.2, -0.15) is 13.2 Å². The Kier molecular flexibility index (Phi) is 4.51. The Morgan fingerprint density at radius 2 is 1.95 bits per heavy atom. The molecule has 2 atom stereocenters. The number of hydrogen-bond acceptors (Lipinski definition) is 3. The van der Waals surface area contributed by atoms with Gasteiger partial charge in [0, 0.05) is 18.0 Å². The van der Waals surface area contributed by atoms with Crippen LogP contribution in [-0.2, 0) is 9.84 Å². The summed E-state index contributed by atoms with van der Waals surface area (Å²) in [5.74, 6) is -1.28. The van der Waals surface area contributed by atoms with Gasteiger partial charge in [0.05, 0.1) is 10.8 Å². The minimum atomic E-state index is -4.16. The topological polar surface area (TPSA) is 46.2 Å². The van der Waals surface area contributed by atoms with E-state index in [4.69, 9.17) is 0 Å². The fraction of sp³-hybridized carbons (Fsp3) is 0.571. The molecular weight excluding hydrogens is 303 g/mol. The molecule has 0 spiro atoms. The average molecular weight is 321 g/mol. The summed E-state index contributed by atoms with van der Waals surface area (Å²) in [6, 6.07) is 5.92. The number of sulfone groups is 1. The van der Waals surface area contributed by atoms with Crippen molar-refractivity contribution in [1.29, 1.82) is 0 Å². The maximum atomic E-state index is 12.8. The highest BCUT2D eigenvalue weighted by Crippen LogP contribution is 2.38. The second-order valence-corrected chi connectivity index (χ2v) is 7.56. The van der Waals surface area contributed by atoms with Crippen LogP contribution in [0.2, 0.25) is 0 Å². The normalized spacial score (nSPS) is 23.8. The molecule has 1 saturated carbocycles. The molecule has 1 aromatic carbocycles. The Balaban J connectivity index is 2.08. The number of alkyl halides is 3. The zero-order chi connectivity index (χ0) is 15.7. The molecule has 1 aromatic rings. The zero-order valence-corrected chi connectivity index (χ0v) is 12.5. The first-order valence-electron chi connectivity index (χ1n) is 6.79. The van der Waals surface area contributed by atoms with Gasteiger partial charge < -0.3 is 5.32 Å². The van der Waals surface area contributed by atoms with E-state index in [2.05, 4.69) is 5.32 Å². The maximum absolute atomic E-state index is 12.8. The lowest BCUT2D eigenvalue weighted by Gasteiger charge is -2.31. The number of halogens is 3. The molecule has 2 unspecified atom stereocenters. The Morgan fingerprint density at radius 3 is 2.57 bits per heavy atom. The number of rotatable bonds is 3. The van der Waals surface area contributed by atoms with Gasteiger partial charge in [-0.1, -0.05) is 12.5 Å². The summed E-state index contributed by atoms with van der Waals surface area (Å²) in [4.78, 5) is 0.163. The molecule has 7 heteroatoms. The van der Waals surface area contributed by atoms with Crippen LogP contribution in [0.1, 0.15) is 25.7 Å². The van der Waals surface area contributed by atoms with Gasteiger partial charge in [-0.3, -0.25) is 0 Å². The summed E-state index contributed by atoms with van der Waals surface area (Å²) in [5.41, 5.74) is 0.547. The molecule has 21 heavy (non-hydrogen) atoms. The highest BCUT2D eigenvalue weighted by molar-refractivity contribution is 7.90. The SMILES string of the molecule is CS(=O)(=O)c1cccc(NC2CCCC(C(F)(F)F)C2)c1. The average Bonchev–Trinajstić information content (AvgIpc) is 2.37. The van der Waals surface area contributed by atoms with Crippen LogP contribution in [0, 0.1) is 5.92 Å². The Labute approximate surface area is 122 Å². The quantitative estimate of drug-likeness (QED) is 0.925. The molecule has 2 rings (SSSR count). The molecule has 1 aliphatic carbocycles. The lowest BCUT2D eigenvalue weighted by Crippen LogP contribution is -2.34. The summed E-state index contributed by atoms with van der Waals surface area (Å²) in [6.45, 7) is 0. The van der Waals surface area contributed by atoms with Gasteiger partial charge in [-0.05, 0) is 37.5 Å². The van der Waals surface area contributed by atoms with E-state index in [9.17, 15) is 21.6 Å². The number of anilines is 1. The molecule has 0 heterocycles. The van der Waals surface area contributed by atoms with Gasteiger partial charge in [0.25, 0.3) is 0 Å². The van der Waals surface area contributed by atoms with Crippen LogP contribution >= 0.6 is 0 Å². The van der Waals surface area contributed by atoms with Crippen molar-refractivity contribution in [3.63, 3.8) is 0 Å². The second kappa shape index (κ2) is 5.87. The predicted molar refractivity (Wildman–Crippen MR) is 75.0 cm³/mol. The van der Waals surface area contributed by atoms with Crippen LogP contribution in [0.3, 0.4) is 0 Å². The summed E-state index contributed by atoms with van der Waals surface area (Å²) >= 11 is 0. The van der Waals surface area contributed by atoms with Gasteiger partial charge in [-0.25, -0.2) is 8.42 Å². The standard InChI is InChI=1S/C14H18F3NO2S/c1-21(19,20)13-7-3-6-12(9-13)18-11-5-2-4-10(8-11)14(15,16)17/h3,6-7,9-11,18H,2,4-5,8H2,1H3. The van der Waals surface area contributed by atoms with Crippen molar-refractivity contribution in [1.82, 2.24) is 0 Å². The van der Waals surface area contributed by atoms with Gasteiger partial charge in [0.2, 0.25) is 0 Å². The third-order valence-electron chi connectivity index (χ3n) is 3.77. The lowest BCUT2D eigenvalue weighted by atomic mass is 9.85. The van der Waals surface area contributed by atoms with Crippen LogP contribution in [0.15, 0.2) is 29.2 Å². The van der Waals surface area contributed by atoms with Crippen molar-refractivity contribution in [3.05, 3.63) is 24.3 Å². The first-order valence-corrected chi connectivity index (χ1v) is 8.69. The Morgan fingerprint density at radius 1 is 1.24 bits per heavy atom. The van der Waals surface area contributed by atoms with E-state index in [1.165, 1.54) is 12.1 Å². The molecule has 1 aliphatic rings. The van der Waals surface area contributed by atoms with Gasteiger partial charge in [0.1, 0.15) is 0 Å². The third-order valence-corrected chi connectivity index (χ3v) is 4.88. The van der Waals surface area contributed by atoms with Crippen molar-refractivity contribution >= 4 is 15.5 Å². The van der Waals surface area contributed by atoms with E-state index in [-0.39, 0.29) is 23.8 Å². The summed E-state index contributed by atoms with van der Waals surface area (Å²) in [6.07, 6.45) is -1.66. The van der Waals surface area contributed by atoms with E-state index in [0.717, 1.165) is 6.26 Å². The lowest BCUT2D eigenvalue weighted by molar-refractivity contribution is -0.182. The van der Waals surface area contributed by atoms with Crippen molar-refractivity contribution in [2.24, 2.45) is 5.92 Å². The first-order chi connectivity index (χ1) is 9.66. The third kappa shape index (κ3) is 4.36. The molecule has 0 bridgehead atoms. The van der Waals surface area contributed by atoms with Crippen molar-refractivity contribution in [2.75, 3.05) is 11.6 Å². The van der Waals surface area contributed by atoms with Crippen LogP contribution in [0.4, 0.5) is 18.9 Å². The maximum Gasteiger partial charge on any atom is 0.391 e. The summed E-state index contributed by atoms with van der Waals surface area (Å²) < 4.78 is 61.3. The predicted octanol–water partition coefficient (Wildman–Crippen LogP) is 3.62. The largest absolute Gasteiger partial charge is 0.391 e. The van der Waals surface area contributed by atoms with E-state index in [1.807, 2.05) is 0 Å². The zero-order valence-electron chi connectivity index (χ0n) is 11.7. The molecule has 1 N–H and O–H groups in total. The molecule has 0 aromatic heterocycles. The first kappa shape index (κ1) is 16.1. The molecule has 0 amide bonds. The molecule has 1 fully saturated rings. The fourth-order valence-electron chi connectivity index (χ4n) is 2.67. The molecule has 0 radical (unpaired) electrons. The molecule has 3 nitrogen and oxygen atoms in total. The highest BCUT2D eigenvalue weighted by atomic mass is 32.2. The molecule has 118 valence electrons. The van der Waals surface area contributed by atoms with E-state index >= 15 is 0 Å². The van der Waals surface area contributed by atoms with E-state index in [0.29, 0.717) is 18.5 Å². The minimum Gasteiger partial charge on any atom is -0.382 e. The van der Waals surface area contributed by atoms with Crippen LogP contribution in [0.5, 0.6) is 0 Å². The number of benzene rings is 1. The molecular formula is C14H18F3NO2S. The Bertz CT molecular complexity index is 598. The van der Waals surface area contributed by atoms with Gasteiger partial charge >= 0.3 is 6.18 Å². The van der Waals surface area contributed by atoms with Crippen molar-refractivity contribution in [2.45, 2.75) is 42.8 Å². The monoisotopic (exact) mass is 321 g/mol. The smallest absolute Gasteiger partial charge is 0.382 e. The van der Waals surface area contributed by atoms with Crippen LogP contribution in [0.25, 0.3) is 0 Å². The summed E-state index contributed by atoms with van der Waals surface area (Å²) in [5, 5.41) is 3.03. The molecule has 0 aliphatic heterocycles. The van der Waals surface area contributed by atoms with E-state index in [1.54, 1.807) is 12.1 Å². The Hall–Kier alpha value is -1.24. The van der Waals surface area contributed by atoms with Crippen LogP contribution < -0.4 is 5.32 Å². The minimum absolute atomic E-state index is 0.0343. The summed E-state index contributed by atoms with van der Waals surface area (Å²) in [7, 11) is -3.32. The van der Waals surface area contributed by atoms with Gasteiger partial charge in [-0.15, -0.1) is 0 Å². The van der Waals surface area contributed by atoms with Crippen LogP contribution in [-0.4, -0.2) is 26.9 Å². The number of hydrogen-bond donors (Lipinski definition) is 1. The van der Waals surface area contributed by atoms with Crippen molar-refractivity contribution < 1.29 is 21.6 Å². The van der Waals surface area contributed by atoms with E-state index < -0.39 is 21.9 Å². The number of nitrogens with one attached hydrogen (secondary N) is 1. The molecule has 0 saturated heterocycles. The fourth-order valence-corrected chi connectivity index (χ4v) is 3.34.